The van der Waals surface area contributed by atoms with E-state index in [1.165, 1.54) is 5.56 Å². The molecule has 0 spiro atoms. The summed E-state index contributed by atoms with van der Waals surface area (Å²) < 4.78 is 10.7. The number of nitrogens with one attached hydrogen (secondary N) is 2. The Morgan fingerprint density at radius 1 is 1.03 bits per heavy atom. The van der Waals surface area contributed by atoms with Gasteiger partial charge in [0.2, 0.25) is 0 Å². The van der Waals surface area contributed by atoms with Crippen LogP contribution in [0.15, 0.2) is 54.7 Å². The molecular formula is C23H27N3O2S. The first-order chi connectivity index (χ1) is 14.0. The lowest BCUT2D eigenvalue weighted by Crippen LogP contribution is -2.33. The lowest BCUT2D eigenvalue weighted by molar-refractivity contribution is 0.414. The van der Waals surface area contributed by atoms with E-state index >= 15 is 0 Å². The minimum Gasteiger partial charge on any atom is -0.497 e. The molecule has 0 radical (unpaired) electrons. The Morgan fingerprint density at radius 3 is 2.45 bits per heavy atom. The molecule has 0 amide bonds. The van der Waals surface area contributed by atoms with Crippen molar-refractivity contribution in [2.24, 2.45) is 5.92 Å². The molecule has 6 heteroatoms. The molecule has 1 aromatic heterocycles. The molecular weight excluding hydrogens is 382 g/mol. The Balaban J connectivity index is 1.80. The van der Waals surface area contributed by atoms with Crippen molar-refractivity contribution < 1.29 is 9.47 Å². The van der Waals surface area contributed by atoms with Gasteiger partial charge in [0.15, 0.2) is 5.11 Å². The van der Waals surface area contributed by atoms with Gasteiger partial charge in [0.25, 0.3) is 0 Å². The van der Waals surface area contributed by atoms with Crippen LogP contribution in [0.5, 0.6) is 11.5 Å². The molecule has 0 fully saturated rings. The third-order valence-electron chi connectivity index (χ3n) is 4.73. The zero-order chi connectivity index (χ0) is 20.8. The van der Waals surface area contributed by atoms with E-state index < -0.39 is 0 Å². The Kier molecular flexibility index (Phi) is 6.88. The van der Waals surface area contributed by atoms with Gasteiger partial charge in [0, 0.05) is 17.3 Å². The van der Waals surface area contributed by atoms with Gasteiger partial charge in [-0.3, -0.25) is 4.98 Å². The Hall–Kier alpha value is -2.86. The maximum atomic E-state index is 5.64. The third kappa shape index (κ3) is 5.15. The fraction of sp³-hybridized carbons (Fsp3) is 0.304. The number of rotatable bonds is 7. The average Bonchev–Trinajstić information content (AvgIpc) is 2.73. The molecule has 152 valence electrons. The van der Waals surface area contributed by atoms with Crippen molar-refractivity contribution >= 4 is 33.9 Å². The molecule has 3 aromatic rings. The van der Waals surface area contributed by atoms with Crippen LogP contribution in [0.3, 0.4) is 0 Å². The van der Waals surface area contributed by atoms with Crippen LogP contribution in [0.1, 0.15) is 31.9 Å². The monoisotopic (exact) mass is 409 g/mol. The van der Waals surface area contributed by atoms with E-state index in [1.54, 1.807) is 20.4 Å². The fourth-order valence-corrected chi connectivity index (χ4v) is 3.58. The minimum atomic E-state index is 0.101. The number of fused-ring (bicyclic) bond motifs is 1. The fourth-order valence-electron chi connectivity index (χ4n) is 3.32. The molecule has 1 atom stereocenters. The summed E-state index contributed by atoms with van der Waals surface area (Å²) in [6.45, 7) is 4.41. The molecule has 3 rings (SSSR count). The number of anilines is 1. The SMILES string of the molecule is COc1ccc(C(CC(C)C)NC(=S)Nc2ccc(OC)c3ncccc23)cc1. The molecule has 2 N–H and O–H groups in total. The Labute approximate surface area is 177 Å². The quantitative estimate of drug-likeness (QED) is 0.515. The van der Waals surface area contributed by atoms with Crippen molar-refractivity contribution in [2.75, 3.05) is 19.5 Å². The zero-order valence-electron chi connectivity index (χ0n) is 17.2. The number of hydrogen-bond acceptors (Lipinski definition) is 4. The minimum absolute atomic E-state index is 0.101. The highest BCUT2D eigenvalue weighted by Gasteiger charge is 2.16. The Bertz CT molecular complexity index is 974. The van der Waals surface area contributed by atoms with Crippen LogP contribution < -0.4 is 20.1 Å². The average molecular weight is 410 g/mol. The van der Waals surface area contributed by atoms with Crippen LogP contribution in [-0.4, -0.2) is 24.3 Å². The third-order valence-corrected chi connectivity index (χ3v) is 4.95. The van der Waals surface area contributed by atoms with Crippen LogP contribution in [0, 0.1) is 5.92 Å². The van der Waals surface area contributed by atoms with Crippen LogP contribution in [0.2, 0.25) is 0 Å². The van der Waals surface area contributed by atoms with Crippen molar-refractivity contribution in [3.05, 3.63) is 60.3 Å². The predicted octanol–water partition coefficient (Wildman–Crippen LogP) is 5.33. The first-order valence-corrected chi connectivity index (χ1v) is 10.1. The number of pyridine rings is 1. The number of benzene rings is 2. The molecule has 29 heavy (non-hydrogen) atoms. The summed E-state index contributed by atoms with van der Waals surface area (Å²) in [5.41, 5.74) is 2.87. The smallest absolute Gasteiger partial charge is 0.171 e. The lowest BCUT2D eigenvalue weighted by atomic mass is 9.97. The van der Waals surface area contributed by atoms with Gasteiger partial charge in [-0.1, -0.05) is 26.0 Å². The van der Waals surface area contributed by atoms with E-state index in [-0.39, 0.29) is 6.04 Å². The maximum absolute atomic E-state index is 5.64. The van der Waals surface area contributed by atoms with E-state index in [1.807, 2.05) is 36.4 Å². The zero-order valence-corrected chi connectivity index (χ0v) is 18.0. The molecule has 0 aliphatic carbocycles. The standard InChI is InChI=1S/C23H27N3O2S/c1-15(2)14-20(16-7-9-17(27-3)10-8-16)26-23(29)25-19-11-12-21(28-4)22-18(19)6-5-13-24-22/h5-13,15,20H,14H2,1-4H3,(H2,25,26,29). The summed E-state index contributed by atoms with van der Waals surface area (Å²) in [6, 6.07) is 16.0. The number of aromatic nitrogens is 1. The number of nitrogens with zero attached hydrogens (tertiary/aromatic N) is 1. The second-order valence-corrected chi connectivity index (χ2v) is 7.68. The summed E-state index contributed by atoms with van der Waals surface area (Å²) in [6.07, 6.45) is 2.71. The summed E-state index contributed by atoms with van der Waals surface area (Å²) in [5.74, 6) is 2.10. The van der Waals surface area contributed by atoms with Crippen molar-refractivity contribution in [3.63, 3.8) is 0 Å². The maximum Gasteiger partial charge on any atom is 0.171 e. The van der Waals surface area contributed by atoms with E-state index in [4.69, 9.17) is 21.7 Å². The topological polar surface area (TPSA) is 55.4 Å². The molecule has 1 unspecified atom stereocenters. The lowest BCUT2D eigenvalue weighted by Gasteiger charge is -2.23. The Morgan fingerprint density at radius 2 is 1.79 bits per heavy atom. The van der Waals surface area contributed by atoms with E-state index in [2.05, 4.69) is 41.6 Å². The number of hydrogen-bond donors (Lipinski definition) is 2. The van der Waals surface area contributed by atoms with Gasteiger partial charge in [-0.05, 0) is 66.5 Å². The molecule has 0 saturated heterocycles. The summed E-state index contributed by atoms with van der Waals surface area (Å²) >= 11 is 5.64. The van der Waals surface area contributed by atoms with E-state index in [9.17, 15) is 0 Å². The van der Waals surface area contributed by atoms with Crippen LogP contribution >= 0.6 is 12.2 Å². The van der Waals surface area contributed by atoms with E-state index in [0.29, 0.717) is 11.0 Å². The number of ether oxygens (including phenoxy) is 2. The first kappa shape index (κ1) is 20.9. The summed E-state index contributed by atoms with van der Waals surface area (Å²) in [4.78, 5) is 4.44. The molecule has 0 aliphatic rings. The van der Waals surface area contributed by atoms with Gasteiger partial charge >= 0.3 is 0 Å². The van der Waals surface area contributed by atoms with Gasteiger partial charge < -0.3 is 20.1 Å². The highest BCUT2D eigenvalue weighted by molar-refractivity contribution is 7.80. The molecule has 0 bridgehead atoms. The first-order valence-electron chi connectivity index (χ1n) is 9.65. The van der Waals surface area contributed by atoms with Crippen LogP contribution in [0.4, 0.5) is 5.69 Å². The number of methoxy groups -OCH3 is 2. The summed E-state index contributed by atoms with van der Waals surface area (Å²) in [5, 5.41) is 8.33. The van der Waals surface area contributed by atoms with Crippen molar-refractivity contribution in [1.82, 2.24) is 10.3 Å². The normalized spacial score (nSPS) is 11.9. The molecule has 0 saturated carbocycles. The molecule has 0 aliphatic heterocycles. The van der Waals surface area contributed by atoms with Gasteiger partial charge in [-0.25, -0.2) is 0 Å². The second kappa shape index (κ2) is 9.56. The van der Waals surface area contributed by atoms with Crippen LogP contribution in [-0.2, 0) is 0 Å². The van der Waals surface area contributed by atoms with Gasteiger partial charge in [-0.2, -0.15) is 0 Å². The van der Waals surface area contributed by atoms with Crippen molar-refractivity contribution in [3.8, 4) is 11.5 Å². The van der Waals surface area contributed by atoms with Gasteiger partial charge in [0.05, 0.1) is 20.3 Å². The second-order valence-electron chi connectivity index (χ2n) is 7.27. The number of thiocarbonyl (C=S) groups is 1. The predicted molar refractivity (Wildman–Crippen MR) is 123 cm³/mol. The summed E-state index contributed by atoms with van der Waals surface area (Å²) in [7, 11) is 3.32. The van der Waals surface area contributed by atoms with Gasteiger partial charge in [-0.15, -0.1) is 0 Å². The van der Waals surface area contributed by atoms with Crippen molar-refractivity contribution in [1.29, 1.82) is 0 Å². The molecule has 1 heterocycles. The highest BCUT2D eigenvalue weighted by Crippen LogP contribution is 2.30. The molecule has 5 nitrogen and oxygen atoms in total. The van der Waals surface area contributed by atoms with E-state index in [0.717, 1.165) is 34.5 Å². The highest BCUT2D eigenvalue weighted by atomic mass is 32.1. The molecule has 2 aromatic carbocycles. The van der Waals surface area contributed by atoms with Gasteiger partial charge in [0.1, 0.15) is 17.0 Å². The largest absolute Gasteiger partial charge is 0.497 e. The van der Waals surface area contributed by atoms with Crippen molar-refractivity contribution in [2.45, 2.75) is 26.3 Å². The van der Waals surface area contributed by atoms with Crippen LogP contribution in [0.25, 0.3) is 10.9 Å².